The Morgan fingerprint density at radius 3 is 2.43 bits per heavy atom. The van der Waals surface area contributed by atoms with Gasteiger partial charge in [-0.2, -0.15) is 0 Å². The SMILES string of the molecule is COC1(CCCCCNCCN)CCCC[Si]1(OC)OC. The van der Waals surface area contributed by atoms with Crippen LogP contribution in [0, 0.1) is 0 Å². The molecule has 0 spiro atoms. The molecule has 0 aromatic rings. The number of hydrogen-bond acceptors (Lipinski definition) is 5. The molecule has 0 saturated carbocycles. The maximum absolute atomic E-state index is 6.00. The van der Waals surface area contributed by atoms with E-state index in [4.69, 9.17) is 19.3 Å². The number of methoxy groups -OCH3 is 1. The highest BCUT2D eigenvalue weighted by Gasteiger charge is 2.58. The van der Waals surface area contributed by atoms with Crippen LogP contribution in [0.1, 0.15) is 44.9 Å². The van der Waals surface area contributed by atoms with E-state index in [1.54, 1.807) is 14.2 Å². The van der Waals surface area contributed by atoms with Crippen molar-refractivity contribution in [3.8, 4) is 0 Å². The van der Waals surface area contributed by atoms with Crippen molar-refractivity contribution in [2.24, 2.45) is 5.73 Å². The Bertz CT molecular complexity index is 278. The number of nitrogens with one attached hydrogen (secondary N) is 1. The first-order valence-electron chi connectivity index (χ1n) is 8.26. The van der Waals surface area contributed by atoms with Gasteiger partial charge in [-0.15, -0.1) is 0 Å². The van der Waals surface area contributed by atoms with Gasteiger partial charge in [0.25, 0.3) is 0 Å². The third-order valence-corrected chi connectivity index (χ3v) is 9.26. The summed E-state index contributed by atoms with van der Waals surface area (Å²) in [5, 5.41) is 3.17. The van der Waals surface area contributed by atoms with Crippen molar-refractivity contribution < 1.29 is 13.6 Å². The Labute approximate surface area is 131 Å². The van der Waals surface area contributed by atoms with E-state index in [-0.39, 0.29) is 5.22 Å². The molecule has 5 nitrogen and oxygen atoms in total. The van der Waals surface area contributed by atoms with Crippen LogP contribution < -0.4 is 11.1 Å². The standard InChI is InChI=1S/C15H34N2O3Si/c1-18-15(9-5-4-7-12-17-13-11-16)10-6-8-14-21(15,19-2)20-3/h17H,4-14,16H2,1-3H3. The van der Waals surface area contributed by atoms with E-state index >= 15 is 0 Å². The molecule has 126 valence electrons. The quantitative estimate of drug-likeness (QED) is 0.450. The van der Waals surface area contributed by atoms with Gasteiger partial charge in [-0.05, 0) is 31.9 Å². The number of hydrogen-bond donors (Lipinski definition) is 2. The van der Waals surface area contributed by atoms with Gasteiger partial charge in [-0.25, -0.2) is 0 Å². The topological polar surface area (TPSA) is 65.7 Å². The summed E-state index contributed by atoms with van der Waals surface area (Å²) in [7, 11) is 3.18. The second-order valence-electron chi connectivity index (χ2n) is 5.92. The second kappa shape index (κ2) is 9.92. The fraction of sp³-hybridized carbons (Fsp3) is 1.00. The predicted molar refractivity (Wildman–Crippen MR) is 88.6 cm³/mol. The molecule has 1 atom stereocenters. The number of unbranched alkanes of at least 4 members (excludes halogenated alkanes) is 2. The molecule has 0 aliphatic carbocycles. The van der Waals surface area contributed by atoms with E-state index in [0.717, 1.165) is 32.0 Å². The van der Waals surface area contributed by atoms with Crippen molar-refractivity contribution in [1.29, 1.82) is 0 Å². The number of rotatable bonds is 11. The Hall–Kier alpha value is 0.0169. The highest BCUT2D eigenvalue weighted by atomic mass is 28.4. The number of nitrogens with two attached hydrogens (primary N) is 1. The molecule has 3 N–H and O–H groups in total. The molecule has 1 rings (SSSR count). The van der Waals surface area contributed by atoms with Gasteiger partial charge in [0.2, 0.25) is 0 Å². The Kier molecular flexibility index (Phi) is 9.00. The molecule has 21 heavy (non-hydrogen) atoms. The molecular weight excluding hydrogens is 284 g/mol. The summed E-state index contributed by atoms with van der Waals surface area (Å²) in [5.41, 5.74) is 5.46. The lowest BCUT2D eigenvalue weighted by molar-refractivity contribution is -0.0160. The molecule has 0 aromatic carbocycles. The van der Waals surface area contributed by atoms with Crippen LogP contribution in [-0.2, 0) is 13.6 Å². The van der Waals surface area contributed by atoms with Gasteiger partial charge in [0, 0.05) is 34.4 Å². The summed E-state index contributed by atoms with van der Waals surface area (Å²) < 4.78 is 17.8. The van der Waals surface area contributed by atoms with Crippen molar-refractivity contribution in [2.75, 3.05) is 41.0 Å². The molecule has 0 aromatic heterocycles. The van der Waals surface area contributed by atoms with Crippen LogP contribution >= 0.6 is 0 Å². The zero-order valence-electron chi connectivity index (χ0n) is 14.1. The van der Waals surface area contributed by atoms with Crippen molar-refractivity contribution in [2.45, 2.75) is 56.2 Å². The normalized spacial score (nSPS) is 25.1. The summed E-state index contributed by atoms with van der Waals surface area (Å²) in [6.45, 7) is 2.67. The molecule has 1 heterocycles. The Morgan fingerprint density at radius 1 is 1.05 bits per heavy atom. The van der Waals surface area contributed by atoms with Gasteiger partial charge >= 0.3 is 8.56 Å². The Morgan fingerprint density at radius 2 is 1.81 bits per heavy atom. The monoisotopic (exact) mass is 318 g/mol. The van der Waals surface area contributed by atoms with Crippen LogP contribution in [0.4, 0.5) is 0 Å². The minimum Gasteiger partial charge on any atom is -0.396 e. The molecule has 1 unspecified atom stereocenters. The van der Waals surface area contributed by atoms with E-state index < -0.39 is 8.56 Å². The fourth-order valence-corrected chi connectivity index (χ4v) is 7.50. The summed E-state index contributed by atoms with van der Waals surface area (Å²) in [4.78, 5) is 0. The van der Waals surface area contributed by atoms with E-state index in [0.29, 0.717) is 6.54 Å². The molecule has 1 aliphatic heterocycles. The van der Waals surface area contributed by atoms with Crippen molar-refractivity contribution in [1.82, 2.24) is 5.32 Å². The maximum atomic E-state index is 6.00. The lowest BCUT2D eigenvalue weighted by Crippen LogP contribution is -2.64. The first-order valence-corrected chi connectivity index (χ1v) is 10.3. The zero-order chi connectivity index (χ0) is 15.6. The molecule has 1 aliphatic rings. The molecule has 0 radical (unpaired) electrons. The third kappa shape index (κ3) is 4.74. The maximum Gasteiger partial charge on any atom is 0.370 e. The first kappa shape index (κ1) is 19.1. The van der Waals surface area contributed by atoms with E-state index in [2.05, 4.69) is 5.32 Å². The van der Waals surface area contributed by atoms with Gasteiger partial charge in [-0.1, -0.05) is 25.7 Å². The summed E-state index contributed by atoms with van der Waals surface area (Å²) in [5.74, 6) is 0. The summed E-state index contributed by atoms with van der Waals surface area (Å²) in [6.07, 6.45) is 8.10. The number of ether oxygens (including phenoxy) is 1. The molecule has 0 amide bonds. The zero-order valence-corrected chi connectivity index (χ0v) is 15.1. The van der Waals surface area contributed by atoms with Crippen LogP contribution in [0.2, 0.25) is 6.04 Å². The average Bonchev–Trinajstić information content (AvgIpc) is 2.54. The van der Waals surface area contributed by atoms with Crippen LogP contribution in [-0.4, -0.2) is 54.7 Å². The molecule has 1 saturated heterocycles. The molecule has 0 bridgehead atoms. The lowest BCUT2D eigenvalue weighted by atomic mass is 10.0. The van der Waals surface area contributed by atoms with E-state index in [1.165, 1.54) is 32.1 Å². The van der Waals surface area contributed by atoms with Gasteiger partial charge < -0.3 is 24.6 Å². The van der Waals surface area contributed by atoms with Crippen LogP contribution in [0.15, 0.2) is 0 Å². The van der Waals surface area contributed by atoms with Crippen molar-refractivity contribution in [3.63, 3.8) is 0 Å². The third-order valence-electron chi connectivity index (χ3n) is 4.84. The average molecular weight is 319 g/mol. The molecule has 6 heteroatoms. The van der Waals surface area contributed by atoms with Gasteiger partial charge in [0.1, 0.15) is 5.22 Å². The van der Waals surface area contributed by atoms with Crippen LogP contribution in [0.5, 0.6) is 0 Å². The van der Waals surface area contributed by atoms with E-state index in [9.17, 15) is 0 Å². The Balaban J connectivity index is 2.46. The lowest BCUT2D eigenvalue weighted by Gasteiger charge is -2.48. The largest absolute Gasteiger partial charge is 0.396 e. The second-order valence-corrected chi connectivity index (χ2v) is 9.65. The predicted octanol–water partition coefficient (Wildman–Crippen LogP) is 1.94. The smallest absolute Gasteiger partial charge is 0.370 e. The minimum atomic E-state index is -2.25. The van der Waals surface area contributed by atoms with E-state index in [1.807, 2.05) is 7.11 Å². The molecular formula is C15H34N2O3Si. The van der Waals surface area contributed by atoms with Crippen molar-refractivity contribution >= 4 is 8.56 Å². The van der Waals surface area contributed by atoms with Crippen LogP contribution in [0.25, 0.3) is 0 Å². The summed E-state index contributed by atoms with van der Waals surface area (Å²) >= 11 is 0. The van der Waals surface area contributed by atoms with Gasteiger partial charge in [-0.3, -0.25) is 0 Å². The fourth-order valence-electron chi connectivity index (χ4n) is 3.59. The first-order chi connectivity index (χ1) is 10.2. The molecule has 1 fully saturated rings. The highest BCUT2D eigenvalue weighted by Crippen LogP contribution is 2.43. The van der Waals surface area contributed by atoms with Gasteiger partial charge in [0.15, 0.2) is 0 Å². The van der Waals surface area contributed by atoms with Gasteiger partial charge in [0.05, 0.1) is 0 Å². The van der Waals surface area contributed by atoms with Crippen LogP contribution in [0.3, 0.4) is 0 Å². The van der Waals surface area contributed by atoms with Crippen molar-refractivity contribution in [3.05, 3.63) is 0 Å². The highest BCUT2D eigenvalue weighted by molar-refractivity contribution is 6.70. The summed E-state index contributed by atoms with van der Waals surface area (Å²) in [6, 6.07) is 1.05. The minimum absolute atomic E-state index is 0.167.